The number of rotatable bonds is 3. The Bertz CT molecular complexity index is 214. The van der Waals surface area contributed by atoms with E-state index in [2.05, 4.69) is 0 Å². The Labute approximate surface area is 78.1 Å². The molecule has 1 aliphatic carbocycles. The van der Waals surface area contributed by atoms with Gasteiger partial charge in [-0.05, 0) is 31.6 Å². The molecule has 1 aliphatic heterocycles. The summed E-state index contributed by atoms with van der Waals surface area (Å²) in [4.78, 5) is 10.9. The van der Waals surface area contributed by atoms with Crippen LogP contribution in [0.15, 0.2) is 0 Å². The normalized spacial score (nSPS) is 39.3. The Hall–Kier alpha value is -0.570. The maximum Gasteiger partial charge on any atom is 0.306 e. The number of carboxylic acid groups (broad SMARTS) is 1. The number of carboxylic acids is 1. The molecule has 4 atom stereocenters. The second-order valence-corrected chi connectivity index (χ2v) is 4.14. The fourth-order valence-electron chi connectivity index (χ4n) is 2.51. The minimum absolute atomic E-state index is 0.148. The van der Waals surface area contributed by atoms with Crippen molar-refractivity contribution in [3.63, 3.8) is 0 Å². The molecule has 0 bridgehead atoms. The van der Waals surface area contributed by atoms with Gasteiger partial charge in [-0.15, -0.1) is 0 Å². The van der Waals surface area contributed by atoms with Gasteiger partial charge in [-0.2, -0.15) is 0 Å². The van der Waals surface area contributed by atoms with Gasteiger partial charge in [0, 0.05) is 0 Å². The van der Waals surface area contributed by atoms with Crippen molar-refractivity contribution < 1.29 is 14.6 Å². The minimum atomic E-state index is -0.633. The average Bonchev–Trinajstić information content (AvgIpc) is 2.82. The van der Waals surface area contributed by atoms with Crippen LogP contribution in [0.2, 0.25) is 0 Å². The summed E-state index contributed by atoms with van der Waals surface area (Å²) in [5, 5.41) is 8.98. The highest BCUT2D eigenvalue weighted by atomic mass is 16.6. The Morgan fingerprint density at radius 2 is 2.31 bits per heavy atom. The van der Waals surface area contributed by atoms with E-state index < -0.39 is 5.97 Å². The van der Waals surface area contributed by atoms with Crippen LogP contribution in [0.5, 0.6) is 0 Å². The summed E-state index contributed by atoms with van der Waals surface area (Å²) in [7, 11) is 0. The summed E-state index contributed by atoms with van der Waals surface area (Å²) in [5.74, 6) is -0.428. The summed E-state index contributed by atoms with van der Waals surface area (Å²) in [6.07, 6.45) is 4.69. The summed E-state index contributed by atoms with van der Waals surface area (Å²) < 4.78 is 5.39. The fraction of sp³-hybridized carbons (Fsp3) is 0.900. The highest BCUT2D eigenvalue weighted by Crippen LogP contribution is 2.42. The molecule has 1 saturated carbocycles. The van der Waals surface area contributed by atoms with Gasteiger partial charge in [0.2, 0.25) is 0 Å². The molecule has 1 N–H and O–H groups in total. The molecule has 3 heteroatoms. The van der Waals surface area contributed by atoms with Gasteiger partial charge in [-0.1, -0.05) is 6.92 Å². The van der Waals surface area contributed by atoms with Crippen LogP contribution in [0, 0.1) is 11.8 Å². The molecule has 0 aromatic rings. The van der Waals surface area contributed by atoms with Gasteiger partial charge in [0.05, 0.1) is 18.1 Å². The van der Waals surface area contributed by atoms with Crippen LogP contribution >= 0.6 is 0 Å². The number of epoxide rings is 1. The lowest BCUT2D eigenvalue weighted by atomic mass is 9.79. The zero-order chi connectivity index (χ0) is 9.42. The molecule has 0 spiro atoms. The molecule has 2 rings (SSSR count). The van der Waals surface area contributed by atoms with Gasteiger partial charge in [0.1, 0.15) is 0 Å². The third-order valence-corrected chi connectivity index (χ3v) is 3.37. The molecule has 3 nitrogen and oxygen atoms in total. The molecule has 13 heavy (non-hydrogen) atoms. The summed E-state index contributed by atoms with van der Waals surface area (Å²) in [6.45, 7) is 1.96. The van der Waals surface area contributed by atoms with E-state index in [0.29, 0.717) is 18.1 Å². The average molecular weight is 184 g/mol. The number of ether oxygens (including phenoxy) is 1. The van der Waals surface area contributed by atoms with E-state index in [1.807, 2.05) is 6.92 Å². The molecule has 1 saturated heterocycles. The summed E-state index contributed by atoms with van der Waals surface area (Å²) in [6, 6.07) is 0. The fourth-order valence-corrected chi connectivity index (χ4v) is 2.51. The topological polar surface area (TPSA) is 49.8 Å². The lowest BCUT2D eigenvalue weighted by Gasteiger charge is -2.24. The highest BCUT2D eigenvalue weighted by Gasteiger charge is 2.46. The van der Waals surface area contributed by atoms with Gasteiger partial charge in [-0.25, -0.2) is 0 Å². The van der Waals surface area contributed by atoms with E-state index in [1.165, 1.54) is 0 Å². The second kappa shape index (κ2) is 3.29. The van der Waals surface area contributed by atoms with E-state index in [-0.39, 0.29) is 5.92 Å². The minimum Gasteiger partial charge on any atom is -0.481 e. The molecule has 74 valence electrons. The number of hydrogen-bond donors (Lipinski definition) is 1. The van der Waals surface area contributed by atoms with Crippen molar-refractivity contribution in [3.05, 3.63) is 0 Å². The molecular weight excluding hydrogens is 168 g/mol. The van der Waals surface area contributed by atoms with Crippen LogP contribution < -0.4 is 0 Å². The van der Waals surface area contributed by atoms with Crippen molar-refractivity contribution >= 4 is 5.97 Å². The highest BCUT2D eigenvalue weighted by molar-refractivity contribution is 5.70. The third kappa shape index (κ3) is 1.70. The first kappa shape index (κ1) is 9.00. The number of carbonyl (C=O) groups is 1. The van der Waals surface area contributed by atoms with Gasteiger partial charge in [0.25, 0.3) is 0 Å². The Balaban J connectivity index is 1.93. The Morgan fingerprint density at radius 1 is 1.54 bits per heavy atom. The number of fused-ring (bicyclic) bond motifs is 1. The lowest BCUT2D eigenvalue weighted by molar-refractivity contribution is -0.144. The van der Waals surface area contributed by atoms with Crippen molar-refractivity contribution in [3.8, 4) is 0 Å². The van der Waals surface area contributed by atoms with E-state index in [0.717, 1.165) is 25.7 Å². The van der Waals surface area contributed by atoms with Crippen LogP contribution in [0.25, 0.3) is 0 Å². The van der Waals surface area contributed by atoms with E-state index in [4.69, 9.17) is 9.84 Å². The largest absolute Gasteiger partial charge is 0.481 e. The van der Waals surface area contributed by atoms with E-state index in [1.54, 1.807) is 0 Å². The second-order valence-electron chi connectivity index (χ2n) is 4.14. The SMILES string of the molecule is CCC(C(=O)O)C1CCC2OC2C1. The number of aliphatic carboxylic acids is 1. The molecule has 0 aromatic heterocycles. The van der Waals surface area contributed by atoms with E-state index >= 15 is 0 Å². The first-order chi connectivity index (χ1) is 6.22. The molecule has 1 heterocycles. The Morgan fingerprint density at radius 3 is 2.85 bits per heavy atom. The first-order valence-corrected chi connectivity index (χ1v) is 5.10. The standard InChI is InChI=1S/C10H16O3/c1-2-7(10(11)12)6-3-4-8-9(5-6)13-8/h6-9H,2-5H2,1H3,(H,11,12). The molecule has 4 unspecified atom stereocenters. The van der Waals surface area contributed by atoms with Crippen LogP contribution in [0.4, 0.5) is 0 Å². The predicted molar refractivity (Wildman–Crippen MR) is 47.4 cm³/mol. The van der Waals surface area contributed by atoms with Gasteiger partial charge < -0.3 is 9.84 Å². The third-order valence-electron chi connectivity index (χ3n) is 3.37. The summed E-state index contributed by atoms with van der Waals surface area (Å²) in [5.41, 5.74) is 0. The van der Waals surface area contributed by atoms with Gasteiger partial charge in [0.15, 0.2) is 0 Å². The Kier molecular flexibility index (Phi) is 2.28. The van der Waals surface area contributed by atoms with Crippen molar-refractivity contribution in [2.24, 2.45) is 11.8 Å². The van der Waals surface area contributed by atoms with Crippen LogP contribution in [0.3, 0.4) is 0 Å². The molecular formula is C10H16O3. The molecule has 2 fully saturated rings. The summed E-state index contributed by atoms with van der Waals surface area (Å²) >= 11 is 0. The maximum atomic E-state index is 10.9. The van der Waals surface area contributed by atoms with Crippen molar-refractivity contribution in [2.45, 2.75) is 44.8 Å². The van der Waals surface area contributed by atoms with Gasteiger partial charge in [-0.3, -0.25) is 4.79 Å². The molecule has 0 radical (unpaired) electrons. The maximum absolute atomic E-state index is 10.9. The quantitative estimate of drug-likeness (QED) is 0.679. The van der Waals surface area contributed by atoms with Crippen molar-refractivity contribution in [1.82, 2.24) is 0 Å². The zero-order valence-corrected chi connectivity index (χ0v) is 7.90. The zero-order valence-electron chi connectivity index (χ0n) is 7.90. The van der Waals surface area contributed by atoms with Gasteiger partial charge >= 0.3 is 5.97 Å². The monoisotopic (exact) mass is 184 g/mol. The van der Waals surface area contributed by atoms with Crippen molar-refractivity contribution in [1.29, 1.82) is 0 Å². The lowest BCUT2D eigenvalue weighted by Crippen LogP contribution is -2.27. The first-order valence-electron chi connectivity index (χ1n) is 5.10. The van der Waals surface area contributed by atoms with E-state index in [9.17, 15) is 4.79 Å². The predicted octanol–water partition coefficient (Wildman–Crippen LogP) is 1.66. The smallest absolute Gasteiger partial charge is 0.306 e. The molecule has 0 amide bonds. The molecule has 2 aliphatic rings. The van der Waals surface area contributed by atoms with Crippen LogP contribution in [-0.4, -0.2) is 23.3 Å². The number of hydrogen-bond acceptors (Lipinski definition) is 2. The van der Waals surface area contributed by atoms with Crippen LogP contribution in [0.1, 0.15) is 32.6 Å². The molecule has 0 aromatic carbocycles. The van der Waals surface area contributed by atoms with Crippen LogP contribution in [-0.2, 0) is 9.53 Å². The van der Waals surface area contributed by atoms with Crippen molar-refractivity contribution in [2.75, 3.05) is 0 Å².